The number of carbonyl (C=O) groups excluding carboxylic acids is 1. The van der Waals surface area contributed by atoms with Gasteiger partial charge < -0.3 is 19.5 Å². The van der Waals surface area contributed by atoms with Crippen molar-refractivity contribution >= 4 is 16.7 Å². The Morgan fingerprint density at radius 2 is 1.61 bits per heavy atom. The number of fused-ring (bicyclic) bond motifs is 1. The number of hydrogen-bond donors (Lipinski definition) is 1. The summed E-state index contributed by atoms with van der Waals surface area (Å²) in [5.41, 5.74) is 0. The number of para-hydroxylation sites is 2. The molecule has 1 N–H and O–H groups in total. The molecule has 0 bridgehead atoms. The molecule has 0 saturated carbocycles. The van der Waals surface area contributed by atoms with Crippen molar-refractivity contribution in [1.29, 1.82) is 0 Å². The number of benzene rings is 3. The fourth-order valence-corrected chi connectivity index (χ4v) is 2.96. The highest BCUT2D eigenvalue weighted by Crippen LogP contribution is 2.27. The van der Waals surface area contributed by atoms with Gasteiger partial charge in [-0.2, -0.15) is 0 Å². The van der Waals surface area contributed by atoms with Crippen LogP contribution in [0.5, 0.6) is 17.2 Å². The van der Waals surface area contributed by atoms with Crippen LogP contribution in [-0.4, -0.2) is 32.3 Å². The Morgan fingerprint density at radius 3 is 2.39 bits per heavy atom. The SMILES string of the molecule is CCC(Oc1cccc2ccccc12)C(=O)NCCOc1ccccc1OC. The molecule has 1 unspecified atom stereocenters. The van der Waals surface area contributed by atoms with Gasteiger partial charge in [-0.25, -0.2) is 0 Å². The first-order chi connectivity index (χ1) is 13.7. The first kappa shape index (κ1) is 19.5. The standard InChI is InChI=1S/C23H25NO4/c1-3-19(28-20-14-8-10-17-9-4-5-11-18(17)20)23(25)24-15-16-27-22-13-7-6-12-21(22)26-2/h4-14,19H,3,15-16H2,1-2H3,(H,24,25). The third-order valence-corrected chi connectivity index (χ3v) is 4.41. The van der Waals surface area contributed by atoms with Gasteiger partial charge in [-0.1, -0.05) is 55.5 Å². The molecule has 28 heavy (non-hydrogen) atoms. The molecule has 0 aliphatic heterocycles. The van der Waals surface area contributed by atoms with Gasteiger partial charge in [0, 0.05) is 5.39 Å². The van der Waals surface area contributed by atoms with E-state index in [0.717, 1.165) is 10.8 Å². The second kappa shape index (κ2) is 9.65. The summed E-state index contributed by atoms with van der Waals surface area (Å²) in [6.07, 6.45) is 0.0136. The minimum atomic E-state index is -0.558. The molecule has 0 aromatic heterocycles. The van der Waals surface area contributed by atoms with Crippen molar-refractivity contribution in [2.45, 2.75) is 19.4 Å². The van der Waals surface area contributed by atoms with Crippen molar-refractivity contribution in [2.75, 3.05) is 20.3 Å². The molecule has 0 heterocycles. The average molecular weight is 379 g/mol. The maximum atomic E-state index is 12.5. The number of carbonyl (C=O) groups is 1. The van der Waals surface area contributed by atoms with E-state index in [1.54, 1.807) is 7.11 Å². The van der Waals surface area contributed by atoms with Gasteiger partial charge in [0.1, 0.15) is 12.4 Å². The third-order valence-electron chi connectivity index (χ3n) is 4.41. The molecule has 0 spiro atoms. The van der Waals surface area contributed by atoms with Crippen LogP contribution in [0.15, 0.2) is 66.7 Å². The predicted octanol–water partition coefficient (Wildman–Crippen LogP) is 4.20. The number of amides is 1. The Bertz CT molecular complexity index is 920. The normalized spacial score (nSPS) is 11.6. The number of rotatable bonds is 9. The maximum Gasteiger partial charge on any atom is 0.261 e. The summed E-state index contributed by atoms with van der Waals surface area (Å²) in [5.74, 6) is 1.88. The zero-order chi connectivity index (χ0) is 19.8. The lowest BCUT2D eigenvalue weighted by Crippen LogP contribution is -2.39. The Balaban J connectivity index is 1.55. The highest BCUT2D eigenvalue weighted by Gasteiger charge is 2.19. The second-order valence-electron chi connectivity index (χ2n) is 6.28. The number of nitrogens with one attached hydrogen (secondary N) is 1. The summed E-state index contributed by atoms with van der Waals surface area (Å²) >= 11 is 0. The zero-order valence-corrected chi connectivity index (χ0v) is 16.2. The molecule has 0 aliphatic rings. The van der Waals surface area contributed by atoms with Crippen molar-refractivity contribution in [2.24, 2.45) is 0 Å². The molecular formula is C23H25NO4. The lowest BCUT2D eigenvalue weighted by atomic mass is 10.1. The van der Waals surface area contributed by atoms with Crippen LogP contribution in [0.4, 0.5) is 0 Å². The Labute approximate surface area is 165 Å². The molecule has 1 atom stereocenters. The Hall–Kier alpha value is -3.21. The van der Waals surface area contributed by atoms with Crippen LogP contribution in [0, 0.1) is 0 Å². The number of ether oxygens (including phenoxy) is 3. The van der Waals surface area contributed by atoms with Gasteiger partial charge in [0.25, 0.3) is 5.91 Å². The van der Waals surface area contributed by atoms with E-state index in [-0.39, 0.29) is 5.91 Å². The highest BCUT2D eigenvalue weighted by molar-refractivity contribution is 5.89. The summed E-state index contributed by atoms with van der Waals surface area (Å²) < 4.78 is 17.0. The molecule has 3 rings (SSSR count). The highest BCUT2D eigenvalue weighted by atomic mass is 16.5. The predicted molar refractivity (Wildman–Crippen MR) is 110 cm³/mol. The van der Waals surface area contributed by atoms with Gasteiger partial charge in [0.2, 0.25) is 0 Å². The van der Waals surface area contributed by atoms with Gasteiger partial charge in [-0.3, -0.25) is 4.79 Å². The molecule has 1 amide bonds. The van der Waals surface area contributed by atoms with E-state index in [4.69, 9.17) is 14.2 Å². The smallest absolute Gasteiger partial charge is 0.261 e. The summed E-state index contributed by atoms with van der Waals surface area (Å²) in [6.45, 7) is 2.66. The van der Waals surface area contributed by atoms with E-state index in [1.807, 2.05) is 73.7 Å². The van der Waals surface area contributed by atoms with Gasteiger partial charge in [-0.15, -0.1) is 0 Å². The van der Waals surface area contributed by atoms with Gasteiger partial charge in [0.05, 0.1) is 13.7 Å². The maximum absolute atomic E-state index is 12.5. The molecule has 0 fully saturated rings. The molecule has 3 aromatic rings. The Kier molecular flexibility index (Phi) is 6.73. The lowest BCUT2D eigenvalue weighted by molar-refractivity contribution is -0.128. The van der Waals surface area contributed by atoms with Crippen LogP contribution in [0.2, 0.25) is 0 Å². The van der Waals surface area contributed by atoms with Crippen molar-refractivity contribution in [3.8, 4) is 17.2 Å². The third kappa shape index (κ3) is 4.74. The quantitative estimate of drug-likeness (QED) is 0.566. The van der Waals surface area contributed by atoms with E-state index in [2.05, 4.69) is 5.32 Å². The van der Waals surface area contributed by atoms with Crippen molar-refractivity contribution in [1.82, 2.24) is 5.32 Å². The monoisotopic (exact) mass is 379 g/mol. The fraction of sp³-hybridized carbons (Fsp3) is 0.261. The van der Waals surface area contributed by atoms with Gasteiger partial charge in [0.15, 0.2) is 17.6 Å². The molecule has 0 saturated heterocycles. The summed E-state index contributed by atoms with van der Waals surface area (Å²) in [5, 5.41) is 4.96. The minimum absolute atomic E-state index is 0.154. The largest absolute Gasteiger partial charge is 0.493 e. The molecule has 3 aromatic carbocycles. The fourth-order valence-electron chi connectivity index (χ4n) is 2.96. The number of hydrogen-bond acceptors (Lipinski definition) is 4. The molecular weight excluding hydrogens is 354 g/mol. The van der Waals surface area contributed by atoms with Gasteiger partial charge in [-0.05, 0) is 30.0 Å². The topological polar surface area (TPSA) is 56.8 Å². The van der Waals surface area contributed by atoms with E-state index in [1.165, 1.54) is 0 Å². The first-order valence-corrected chi connectivity index (χ1v) is 9.41. The van der Waals surface area contributed by atoms with Crippen molar-refractivity contribution in [3.05, 3.63) is 66.7 Å². The van der Waals surface area contributed by atoms with E-state index in [9.17, 15) is 4.79 Å². The average Bonchev–Trinajstić information content (AvgIpc) is 2.75. The molecule has 0 aliphatic carbocycles. The van der Waals surface area contributed by atoms with Crippen molar-refractivity contribution in [3.63, 3.8) is 0 Å². The lowest BCUT2D eigenvalue weighted by Gasteiger charge is -2.19. The van der Waals surface area contributed by atoms with Crippen LogP contribution < -0.4 is 19.5 Å². The minimum Gasteiger partial charge on any atom is -0.493 e. The van der Waals surface area contributed by atoms with Crippen LogP contribution in [0.1, 0.15) is 13.3 Å². The molecule has 5 nitrogen and oxygen atoms in total. The summed E-state index contributed by atoms with van der Waals surface area (Å²) in [7, 11) is 1.60. The van der Waals surface area contributed by atoms with E-state index >= 15 is 0 Å². The zero-order valence-electron chi connectivity index (χ0n) is 16.2. The molecule has 146 valence electrons. The van der Waals surface area contributed by atoms with Crippen LogP contribution >= 0.6 is 0 Å². The van der Waals surface area contributed by atoms with E-state index in [0.29, 0.717) is 36.8 Å². The van der Waals surface area contributed by atoms with Crippen LogP contribution in [-0.2, 0) is 4.79 Å². The number of methoxy groups -OCH3 is 1. The van der Waals surface area contributed by atoms with Crippen LogP contribution in [0.25, 0.3) is 10.8 Å². The van der Waals surface area contributed by atoms with Gasteiger partial charge >= 0.3 is 0 Å². The van der Waals surface area contributed by atoms with Crippen LogP contribution in [0.3, 0.4) is 0 Å². The first-order valence-electron chi connectivity index (χ1n) is 9.41. The molecule has 0 radical (unpaired) electrons. The second-order valence-corrected chi connectivity index (χ2v) is 6.28. The van der Waals surface area contributed by atoms with Crippen molar-refractivity contribution < 1.29 is 19.0 Å². The summed E-state index contributed by atoms with van der Waals surface area (Å²) in [6, 6.07) is 21.2. The Morgan fingerprint density at radius 1 is 0.929 bits per heavy atom. The molecule has 5 heteroatoms. The summed E-state index contributed by atoms with van der Waals surface area (Å²) in [4.78, 5) is 12.5. The van der Waals surface area contributed by atoms with E-state index < -0.39 is 6.10 Å².